The van der Waals surface area contributed by atoms with Crippen LogP contribution in [0.1, 0.15) is 48.7 Å². The van der Waals surface area contributed by atoms with Gasteiger partial charge in [0, 0.05) is 49.0 Å². The second-order valence-corrected chi connectivity index (χ2v) is 9.38. The first kappa shape index (κ1) is 24.6. The standard InChI is InChI=1S/C28H30N6O3/c1-17(35)24-25(20-11-13-33(14-12-20)28(36)18(2)37-3)32-27-22(16-31-34(27)26(24)29)21-9-10-23(30-15-21)19-7-5-4-6-8-19/h4-10,15-16,18,20H,11-14,29H2,1-3H3/t18-/m1/s1. The zero-order chi connectivity index (χ0) is 26.1. The largest absolute Gasteiger partial charge is 0.383 e. The molecular formula is C28H30N6O3. The SMILES string of the molecule is CO[C@H](C)C(=O)N1CCC(c2nc3c(-c4ccc(-c5ccccc5)nc4)cnn3c(N)c2C(C)=O)CC1. The fourth-order valence-electron chi connectivity index (χ4n) is 4.96. The van der Waals surface area contributed by atoms with Crippen molar-refractivity contribution >= 4 is 23.2 Å². The van der Waals surface area contributed by atoms with Gasteiger partial charge in [-0.1, -0.05) is 36.4 Å². The van der Waals surface area contributed by atoms with Crippen LogP contribution < -0.4 is 5.73 Å². The van der Waals surface area contributed by atoms with Gasteiger partial charge >= 0.3 is 0 Å². The van der Waals surface area contributed by atoms with Crippen LogP contribution >= 0.6 is 0 Å². The van der Waals surface area contributed by atoms with E-state index < -0.39 is 6.10 Å². The number of piperidine rings is 1. The monoisotopic (exact) mass is 498 g/mol. The first-order chi connectivity index (χ1) is 17.9. The number of amides is 1. The lowest BCUT2D eigenvalue weighted by atomic mass is 9.89. The summed E-state index contributed by atoms with van der Waals surface area (Å²) in [5.41, 5.74) is 11.7. The van der Waals surface area contributed by atoms with Crippen LogP contribution in [-0.4, -0.2) is 62.5 Å². The molecular weight excluding hydrogens is 468 g/mol. The van der Waals surface area contributed by atoms with Crippen molar-refractivity contribution in [1.29, 1.82) is 0 Å². The van der Waals surface area contributed by atoms with Crippen LogP contribution in [0.4, 0.5) is 5.82 Å². The number of nitrogens with zero attached hydrogens (tertiary/aromatic N) is 5. The molecule has 0 aliphatic carbocycles. The Labute approximate surface area is 215 Å². The highest BCUT2D eigenvalue weighted by Crippen LogP contribution is 2.35. The number of fused-ring (bicyclic) bond motifs is 1. The highest BCUT2D eigenvalue weighted by Gasteiger charge is 2.31. The van der Waals surface area contributed by atoms with Crippen LogP contribution in [0, 0.1) is 0 Å². The van der Waals surface area contributed by atoms with Gasteiger partial charge in [-0.05, 0) is 32.8 Å². The van der Waals surface area contributed by atoms with E-state index in [4.69, 9.17) is 15.5 Å². The molecule has 37 heavy (non-hydrogen) atoms. The number of rotatable bonds is 6. The van der Waals surface area contributed by atoms with Gasteiger partial charge in [-0.25, -0.2) is 4.98 Å². The Balaban J connectivity index is 1.50. The zero-order valence-electron chi connectivity index (χ0n) is 21.2. The number of methoxy groups -OCH3 is 1. The quantitative estimate of drug-likeness (QED) is 0.400. The lowest BCUT2D eigenvalue weighted by molar-refractivity contribution is -0.142. The summed E-state index contributed by atoms with van der Waals surface area (Å²) in [4.78, 5) is 36.6. The molecule has 0 saturated carbocycles. The van der Waals surface area contributed by atoms with Gasteiger partial charge in [0.15, 0.2) is 11.4 Å². The molecule has 0 unspecified atom stereocenters. The predicted octanol–water partition coefficient (Wildman–Crippen LogP) is 3.98. The van der Waals surface area contributed by atoms with Crippen LogP contribution in [-0.2, 0) is 9.53 Å². The maximum Gasteiger partial charge on any atom is 0.251 e. The fourth-order valence-corrected chi connectivity index (χ4v) is 4.96. The molecule has 1 atom stereocenters. The average Bonchev–Trinajstić information content (AvgIpc) is 3.37. The van der Waals surface area contributed by atoms with E-state index in [1.54, 1.807) is 19.3 Å². The minimum Gasteiger partial charge on any atom is -0.383 e. The van der Waals surface area contributed by atoms with E-state index in [1.807, 2.05) is 47.4 Å². The molecule has 0 bridgehead atoms. The van der Waals surface area contributed by atoms with E-state index in [9.17, 15) is 9.59 Å². The molecule has 2 N–H and O–H groups in total. The molecule has 1 saturated heterocycles. The smallest absolute Gasteiger partial charge is 0.251 e. The fraction of sp³-hybridized carbons (Fsp3) is 0.321. The van der Waals surface area contributed by atoms with Crippen LogP contribution in [0.5, 0.6) is 0 Å². The molecule has 0 spiro atoms. The number of hydrogen-bond acceptors (Lipinski definition) is 7. The third-order valence-electron chi connectivity index (χ3n) is 7.10. The minimum absolute atomic E-state index is 0.00515. The molecule has 9 heteroatoms. The number of likely N-dealkylation sites (tertiary alicyclic amines) is 1. The highest BCUT2D eigenvalue weighted by atomic mass is 16.5. The van der Waals surface area contributed by atoms with Crippen LogP contribution in [0.2, 0.25) is 0 Å². The molecule has 9 nitrogen and oxygen atoms in total. The van der Waals surface area contributed by atoms with Crippen molar-refractivity contribution in [2.45, 2.75) is 38.7 Å². The summed E-state index contributed by atoms with van der Waals surface area (Å²) in [6, 6.07) is 13.9. The topological polar surface area (TPSA) is 116 Å². The van der Waals surface area contributed by atoms with Gasteiger partial charge < -0.3 is 15.4 Å². The number of Topliss-reactive ketones (excluding diaryl/α,β-unsaturated/α-hetero) is 1. The molecule has 1 aromatic carbocycles. The number of carbonyl (C=O) groups excluding carboxylic acids is 2. The summed E-state index contributed by atoms with van der Waals surface area (Å²) < 4.78 is 6.72. The molecule has 5 rings (SSSR count). The Morgan fingerprint density at radius 1 is 1.05 bits per heavy atom. The first-order valence-corrected chi connectivity index (χ1v) is 12.4. The summed E-state index contributed by atoms with van der Waals surface area (Å²) >= 11 is 0. The van der Waals surface area contributed by atoms with Crippen LogP contribution in [0.15, 0.2) is 54.9 Å². The van der Waals surface area contributed by atoms with E-state index in [0.29, 0.717) is 42.8 Å². The number of ketones is 1. The van der Waals surface area contributed by atoms with Gasteiger partial charge in [0.1, 0.15) is 11.9 Å². The third kappa shape index (κ3) is 4.58. The molecule has 3 aromatic heterocycles. The molecule has 1 aliphatic rings. The number of nitrogens with two attached hydrogens (primary N) is 1. The highest BCUT2D eigenvalue weighted by molar-refractivity contribution is 6.00. The second-order valence-electron chi connectivity index (χ2n) is 9.38. The van der Waals surface area contributed by atoms with Gasteiger partial charge in [-0.2, -0.15) is 9.61 Å². The Kier molecular flexibility index (Phi) is 6.71. The summed E-state index contributed by atoms with van der Waals surface area (Å²) in [5.74, 6) is 0.0908. The van der Waals surface area contributed by atoms with Gasteiger partial charge in [0.2, 0.25) is 0 Å². The Morgan fingerprint density at radius 2 is 1.78 bits per heavy atom. The molecule has 0 radical (unpaired) electrons. The number of carbonyl (C=O) groups is 2. The average molecular weight is 499 g/mol. The number of benzene rings is 1. The number of pyridine rings is 1. The van der Waals surface area contributed by atoms with Crippen molar-refractivity contribution in [2.75, 3.05) is 25.9 Å². The lowest BCUT2D eigenvalue weighted by Gasteiger charge is -2.33. The number of nitrogen functional groups attached to an aromatic ring is 1. The number of anilines is 1. The molecule has 1 amide bonds. The van der Waals surface area contributed by atoms with Gasteiger partial charge in [-0.15, -0.1) is 0 Å². The van der Waals surface area contributed by atoms with Crippen molar-refractivity contribution in [1.82, 2.24) is 24.5 Å². The normalized spacial score (nSPS) is 15.2. The maximum atomic E-state index is 12.7. The summed E-state index contributed by atoms with van der Waals surface area (Å²) in [5, 5.41) is 4.45. The molecule has 4 heterocycles. The van der Waals surface area contributed by atoms with Gasteiger partial charge in [-0.3, -0.25) is 14.6 Å². The molecule has 190 valence electrons. The number of ether oxygens (including phenoxy) is 1. The molecule has 4 aromatic rings. The maximum absolute atomic E-state index is 12.7. The number of aromatic nitrogens is 4. The van der Waals surface area contributed by atoms with Crippen LogP contribution in [0.3, 0.4) is 0 Å². The van der Waals surface area contributed by atoms with Gasteiger partial charge in [0.25, 0.3) is 5.91 Å². The zero-order valence-corrected chi connectivity index (χ0v) is 21.2. The first-order valence-electron chi connectivity index (χ1n) is 12.4. The van der Waals surface area contributed by atoms with Crippen molar-refractivity contribution < 1.29 is 14.3 Å². The summed E-state index contributed by atoms with van der Waals surface area (Å²) in [7, 11) is 1.53. The van der Waals surface area contributed by atoms with Crippen molar-refractivity contribution in [2.24, 2.45) is 0 Å². The summed E-state index contributed by atoms with van der Waals surface area (Å²) in [6.45, 7) is 4.38. The van der Waals surface area contributed by atoms with Crippen LogP contribution in [0.25, 0.3) is 28.0 Å². The van der Waals surface area contributed by atoms with E-state index >= 15 is 0 Å². The predicted molar refractivity (Wildman–Crippen MR) is 141 cm³/mol. The Bertz CT molecular complexity index is 1440. The third-order valence-corrected chi connectivity index (χ3v) is 7.10. The van der Waals surface area contributed by atoms with Crippen molar-refractivity contribution in [3.8, 4) is 22.4 Å². The molecule has 1 aliphatic heterocycles. The number of hydrogen-bond donors (Lipinski definition) is 1. The Morgan fingerprint density at radius 3 is 2.41 bits per heavy atom. The second kappa shape index (κ2) is 10.1. The van der Waals surface area contributed by atoms with Crippen molar-refractivity contribution in [3.05, 3.63) is 66.1 Å². The van der Waals surface area contributed by atoms with E-state index in [2.05, 4.69) is 10.1 Å². The van der Waals surface area contributed by atoms with E-state index in [-0.39, 0.29) is 23.4 Å². The van der Waals surface area contributed by atoms with Crippen molar-refractivity contribution in [3.63, 3.8) is 0 Å². The van der Waals surface area contributed by atoms with E-state index in [0.717, 1.165) is 22.4 Å². The van der Waals surface area contributed by atoms with E-state index in [1.165, 1.54) is 18.5 Å². The minimum atomic E-state index is -0.481. The lowest BCUT2D eigenvalue weighted by Crippen LogP contribution is -2.43. The molecule has 1 fully saturated rings. The van der Waals surface area contributed by atoms with Gasteiger partial charge in [0.05, 0.1) is 23.1 Å². The Hall–Kier alpha value is -4.11. The summed E-state index contributed by atoms with van der Waals surface area (Å²) in [6.07, 6.45) is 4.39.